The first-order valence-corrected chi connectivity index (χ1v) is 9.37. The Morgan fingerprint density at radius 1 is 1.18 bits per heavy atom. The predicted octanol–water partition coefficient (Wildman–Crippen LogP) is 2.70. The Labute approximate surface area is 160 Å². The van der Waals surface area contributed by atoms with Gasteiger partial charge in [-0.25, -0.2) is 9.67 Å². The van der Waals surface area contributed by atoms with Crippen LogP contribution in [-0.2, 0) is 6.18 Å². The van der Waals surface area contributed by atoms with Crippen LogP contribution in [0.2, 0.25) is 0 Å². The van der Waals surface area contributed by atoms with Crippen molar-refractivity contribution >= 4 is 5.91 Å². The highest BCUT2D eigenvalue weighted by Crippen LogP contribution is 2.31. The van der Waals surface area contributed by atoms with Gasteiger partial charge in [-0.3, -0.25) is 4.79 Å². The minimum atomic E-state index is -4.44. The first-order valence-electron chi connectivity index (χ1n) is 9.37. The molecule has 2 fully saturated rings. The van der Waals surface area contributed by atoms with Gasteiger partial charge in [-0.2, -0.15) is 18.3 Å². The van der Waals surface area contributed by atoms with Gasteiger partial charge in [-0.1, -0.05) is 13.8 Å². The van der Waals surface area contributed by atoms with E-state index in [1.54, 1.807) is 0 Å². The molecule has 2 atom stereocenters. The molecule has 2 aromatic heterocycles. The number of aromatic nitrogens is 3. The van der Waals surface area contributed by atoms with Crippen LogP contribution >= 0.6 is 0 Å². The molecule has 4 heterocycles. The summed E-state index contributed by atoms with van der Waals surface area (Å²) in [5.74, 6) is 1.11. The van der Waals surface area contributed by atoms with E-state index in [9.17, 15) is 18.0 Å². The van der Waals surface area contributed by atoms with Crippen molar-refractivity contribution in [2.45, 2.75) is 25.9 Å². The molecule has 150 valence electrons. The lowest BCUT2D eigenvalue weighted by atomic mass is 10.0. The maximum absolute atomic E-state index is 13.1. The highest BCUT2D eigenvalue weighted by Gasteiger charge is 2.39. The third kappa shape index (κ3) is 3.28. The van der Waals surface area contributed by atoms with E-state index in [4.69, 9.17) is 0 Å². The molecule has 1 amide bonds. The normalized spacial score (nSPS) is 22.1. The molecule has 1 N–H and O–H groups in total. The van der Waals surface area contributed by atoms with Gasteiger partial charge < -0.3 is 10.2 Å². The van der Waals surface area contributed by atoms with Gasteiger partial charge in [0.05, 0.1) is 23.0 Å². The van der Waals surface area contributed by atoms with Crippen molar-refractivity contribution in [3.05, 3.63) is 41.3 Å². The molecule has 28 heavy (non-hydrogen) atoms. The van der Waals surface area contributed by atoms with Gasteiger partial charge in [0.25, 0.3) is 5.91 Å². The van der Waals surface area contributed by atoms with Crippen LogP contribution in [0.3, 0.4) is 0 Å². The molecule has 0 bridgehead atoms. The topological polar surface area (TPSA) is 63.1 Å². The number of nitrogens with one attached hydrogen (secondary N) is 1. The van der Waals surface area contributed by atoms with Crippen LogP contribution in [0.15, 0.2) is 24.5 Å². The van der Waals surface area contributed by atoms with Crippen LogP contribution in [0, 0.1) is 11.8 Å². The summed E-state index contributed by atoms with van der Waals surface area (Å²) in [5, 5.41) is 7.63. The standard InChI is InChI=1S/C19H22F3N5O/c1-11(2)17-15(18(28)26-9-12-5-23-6-13(12)10-26)8-25-27(17)16-4-3-14(7-24-16)19(20,21)22/h3-4,7-8,11-13,23H,5-6,9-10H2,1-2H3/t12-,13+. The minimum Gasteiger partial charge on any atom is -0.338 e. The monoisotopic (exact) mass is 393 g/mol. The van der Waals surface area contributed by atoms with Crippen LogP contribution in [0.4, 0.5) is 13.2 Å². The van der Waals surface area contributed by atoms with Crippen LogP contribution in [-0.4, -0.2) is 51.8 Å². The molecular formula is C19H22F3N5O. The summed E-state index contributed by atoms with van der Waals surface area (Å²) in [5.41, 5.74) is 0.333. The van der Waals surface area contributed by atoms with E-state index in [2.05, 4.69) is 15.4 Å². The number of hydrogen-bond donors (Lipinski definition) is 1. The fourth-order valence-electron chi connectivity index (χ4n) is 4.13. The van der Waals surface area contributed by atoms with E-state index in [-0.39, 0.29) is 17.6 Å². The summed E-state index contributed by atoms with van der Waals surface area (Å²) in [4.78, 5) is 18.9. The van der Waals surface area contributed by atoms with Gasteiger partial charge in [0.2, 0.25) is 0 Å². The quantitative estimate of drug-likeness (QED) is 0.871. The summed E-state index contributed by atoms with van der Waals surface area (Å²) in [6, 6.07) is 2.26. The van der Waals surface area contributed by atoms with E-state index >= 15 is 0 Å². The molecule has 0 unspecified atom stereocenters. The number of pyridine rings is 1. The van der Waals surface area contributed by atoms with Crippen molar-refractivity contribution in [1.82, 2.24) is 25.0 Å². The average Bonchev–Trinajstić information content (AvgIpc) is 3.34. The molecule has 0 aliphatic carbocycles. The molecule has 0 aromatic carbocycles. The first kappa shape index (κ1) is 18.9. The van der Waals surface area contributed by atoms with Crippen LogP contribution in [0.25, 0.3) is 5.82 Å². The van der Waals surface area contributed by atoms with E-state index in [0.29, 0.717) is 23.1 Å². The fourth-order valence-corrected chi connectivity index (χ4v) is 4.13. The molecule has 2 aliphatic rings. The Kier molecular flexibility index (Phi) is 4.65. The summed E-state index contributed by atoms with van der Waals surface area (Å²) in [6.45, 7) is 7.16. The zero-order chi connectivity index (χ0) is 20.1. The van der Waals surface area contributed by atoms with Crippen LogP contribution in [0.1, 0.15) is 41.4 Å². The van der Waals surface area contributed by atoms with Gasteiger partial charge in [0.15, 0.2) is 5.82 Å². The van der Waals surface area contributed by atoms with E-state index in [1.165, 1.54) is 16.9 Å². The smallest absolute Gasteiger partial charge is 0.338 e. The summed E-state index contributed by atoms with van der Waals surface area (Å²) >= 11 is 0. The lowest BCUT2D eigenvalue weighted by molar-refractivity contribution is -0.137. The molecule has 2 aromatic rings. The first-order chi connectivity index (χ1) is 13.3. The summed E-state index contributed by atoms with van der Waals surface area (Å²) in [7, 11) is 0. The molecule has 0 radical (unpaired) electrons. The molecule has 2 saturated heterocycles. The number of likely N-dealkylation sites (tertiary alicyclic amines) is 1. The van der Waals surface area contributed by atoms with Crippen molar-refractivity contribution in [3.63, 3.8) is 0 Å². The number of hydrogen-bond acceptors (Lipinski definition) is 4. The molecule has 6 nitrogen and oxygen atoms in total. The number of carbonyl (C=O) groups excluding carboxylic acids is 1. The Morgan fingerprint density at radius 3 is 2.39 bits per heavy atom. The lowest BCUT2D eigenvalue weighted by Crippen LogP contribution is -2.32. The zero-order valence-electron chi connectivity index (χ0n) is 15.7. The highest BCUT2D eigenvalue weighted by atomic mass is 19.4. The maximum atomic E-state index is 13.1. The highest BCUT2D eigenvalue weighted by molar-refractivity contribution is 5.95. The number of halogens is 3. The Bertz CT molecular complexity index is 863. The van der Waals surface area contributed by atoms with Gasteiger partial charge in [0.1, 0.15) is 0 Å². The third-order valence-electron chi connectivity index (χ3n) is 5.55. The Balaban J connectivity index is 1.64. The van der Waals surface area contributed by atoms with E-state index in [1.807, 2.05) is 18.7 Å². The number of rotatable bonds is 3. The van der Waals surface area contributed by atoms with E-state index in [0.717, 1.165) is 38.4 Å². The number of nitrogens with zero attached hydrogens (tertiary/aromatic N) is 4. The summed E-state index contributed by atoms with van der Waals surface area (Å²) in [6.07, 6.45) is -2.15. The molecule has 4 rings (SSSR count). The minimum absolute atomic E-state index is 0.0469. The Hall–Kier alpha value is -2.42. The van der Waals surface area contributed by atoms with Gasteiger partial charge in [-0.15, -0.1) is 0 Å². The molecule has 0 spiro atoms. The SMILES string of the molecule is CC(C)c1c(C(=O)N2C[C@H]3CNC[C@H]3C2)cnn1-c1ccc(C(F)(F)F)cn1. The number of fused-ring (bicyclic) bond motifs is 1. The summed E-state index contributed by atoms with van der Waals surface area (Å²) < 4.78 is 39.8. The van der Waals surface area contributed by atoms with Crippen molar-refractivity contribution in [2.24, 2.45) is 11.8 Å². The number of carbonyl (C=O) groups is 1. The predicted molar refractivity (Wildman–Crippen MR) is 96.2 cm³/mol. The fraction of sp³-hybridized carbons (Fsp3) is 0.526. The zero-order valence-corrected chi connectivity index (χ0v) is 15.7. The van der Waals surface area contributed by atoms with Gasteiger partial charge >= 0.3 is 6.18 Å². The van der Waals surface area contributed by atoms with Crippen molar-refractivity contribution in [2.75, 3.05) is 26.2 Å². The second-order valence-corrected chi connectivity index (χ2v) is 7.80. The van der Waals surface area contributed by atoms with Crippen molar-refractivity contribution in [1.29, 1.82) is 0 Å². The van der Waals surface area contributed by atoms with Gasteiger partial charge in [-0.05, 0) is 29.9 Å². The molecule has 2 aliphatic heterocycles. The van der Waals surface area contributed by atoms with Gasteiger partial charge in [0, 0.05) is 32.4 Å². The molecule has 0 saturated carbocycles. The average molecular weight is 393 g/mol. The van der Waals surface area contributed by atoms with Crippen LogP contribution < -0.4 is 5.32 Å². The second kappa shape index (κ2) is 6.88. The Morgan fingerprint density at radius 2 is 1.86 bits per heavy atom. The molecular weight excluding hydrogens is 371 g/mol. The lowest BCUT2D eigenvalue weighted by Gasteiger charge is -2.19. The van der Waals surface area contributed by atoms with Crippen LogP contribution in [0.5, 0.6) is 0 Å². The van der Waals surface area contributed by atoms with Crippen molar-refractivity contribution in [3.8, 4) is 5.82 Å². The third-order valence-corrected chi connectivity index (χ3v) is 5.55. The molecule has 9 heteroatoms. The number of alkyl halides is 3. The largest absolute Gasteiger partial charge is 0.417 e. The van der Waals surface area contributed by atoms with E-state index < -0.39 is 11.7 Å². The number of amides is 1. The van der Waals surface area contributed by atoms with Crippen molar-refractivity contribution < 1.29 is 18.0 Å². The maximum Gasteiger partial charge on any atom is 0.417 e. The second-order valence-electron chi connectivity index (χ2n) is 7.80.